The van der Waals surface area contributed by atoms with Crippen molar-refractivity contribution in [3.05, 3.63) is 35.4 Å². The van der Waals surface area contributed by atoms with Crippen molar-refractivity contribution < 1.29 is 14.2 Å². The Labute approximate surface area is 131 Å². The number of halogens is 2. The van der Waals surface area contributed by atoms with Gasteiger partial charge in [0.05, 0.1) is 18.7 Å². The molecule has 1 N–H and O–H groups in total. The molecule has 4 nitrogen and oxygen atoms in total. The van der Waals surface area contributed by atoms with Gasteiger partial charge in [0.25, 0.3) is 0 Å². The van der Waals surface area contributed by atoms with E-state index in [1.165, 1.54) is 0 Å². The second-order valence-electron chi connectivity index (χ2n) is 3.88. The van der Waals surface area contributed by atoms with Gasteiger partial charge >= 0.3 is 0 Å². The summed E-state index contributed by atoms with van der Waals surface area (Å²) in [5, 5.41) is 3.78. The van der Waals surface area contributed by atoms with Crippen LogP contribution in [0.25, 0.3) is 0 Å². The quantitative estimate of drug-likeness (QED) is 0.560. The average Bonchev–Trinajstić information content (AvgIpc) is 2.42. The minimum Gasteiger partial charge on any atom is -0.493 e. The Bertz CT molecular complexity index is 414. The van der Waals surface area contributed by atoms with Gasteiger partial charge in [-0.05, 0) is 17.7 Å². The molecular formula is C14H21Cl2NO3. The molecule has 20 heavy (non-hydrogen) atoms. The highest BCUT2D eigenvalue weighted by Gasteiger charge is 2.11. The number of hydrogen-bond acceptors (Lipinski definition) is 4. The maximum absolute atomic E-state index is 6.20. The molecule has 0 saturated carbocycles. The van der Waals surface area contributed by atoms with E-state index in [0.29, 0.717) is 36.3 Å². The smallest absolute Gasteiger partial charge is 0.180 e. The summed E-state index contributed by atoms with van der Waals surface area (Å²) >= 11 is 6.20. The molecule has 0 bridgehead atoms. The predicted molar refractivity (Wildman–Crippen MR) is 84.5 cm³/mol. The molecule has 0 heterocycles. The Morgan fingerprint density at radius 3 is 2.70 bits per heavy atom. The first-order chi connectivity index (χ1) is 9.22. The first-order valence-corrected chi connectivity index (χ1v) is 6.40. The minimum absolute atomic E-state index is 0. The van der Waals surface area contributed by atoms with Gasteiger partial charge in [0, 0.05) is 20.2 Å². The van der Waals surface area contributed by atoms with Gasteiger partial charge in [-0.3, -0.25) is 0 Å². The largest absolute Gasteiger partial charge is 0.493 e. The first kappa shape index (κ1) is 19.1. The predicted octanol–water partition coefficient (Wildman–Crippen LogP) is 3.07. The maximum atomic E-state index is 6.20. The van der Waals surface area contributed by atoms with E-state index in [2.05, 4.69) is 11.9 Å². The number of hydrogen-bond donors (Lipinski definition) is 1. The molecule has 0 amide bonds. The lowest BCUT2D eigenvalue weighted by Gasteiger charge is -2.13. The Hall–Kier alpha value is -0.940. The summed E-state index contributed by atoms with van der Waals surface area (Å²) in [5.41, 5.74) is 1.03. The molecule has 0 aliphatic carbocycles. The molecule has 0 aliphatic rings. The monoisotopic (exact) mass is 321 g/mol. The first-order valence-electron chi connectivity index (χ1n) is 6.02. The Morgan fingerprint density at radius 2 is 2.10 bits per heavy atom. The fourth-order valence-electron chi connectivity index (χ4n) is 1.56. The van der Waals surface area contributed by atoms with Crippen molar-refractivity contribution in [3.63, 3.8) is 0 Å². The zero-order valence-electron chi connectivity index (χ0n) is 11.8. The van der Waals surface area contributed by atoms with Crippen molar-refractivity contribution in [1.29, 1.82) is 0 Å². The molecule has 114 valence electrons. The summed E-state index contributed by atoms with van der Waals surface area (Å²) in [7, 11) is 3.27. The zero-order valence-corrected chi connectivity index (χ0v) is 13.4. The summed E-state index contributed by atoms with van der Waals surface area (Å²) in [6, 6.07) is 3.77. The molecule has 0 fully saturated rings. The lowest BCUT2D eigenvalue weighted by molar-refractivity contribution is 0.199. The van der Waals surface area contributed by atoms with Gasteiger partial charge in [0.2, 0.25) is 0 Å². The highest BCUT2D eigenvalue weighted by atomic mass is 35.5. The van der Waals surface area contributed by atoms with Crippen LogP contribution in [0.5, 0.6) is 11.5 Å². The summed E-state index contributed by atoms with van der Waals surface area (Å²) in [5.74, 6) is 1.17. The van der Waals surface area contributed by atoms with E-state index in [1.54, 1.807) is 20.3 Å². The molecule has 0 unspecified atom stereocenters. The van der Waals surface area contributed by atoms with Crippen molar-refractivity contribution in [2.75, 3.05) is 34.0 Å². The zero-order chi connectivity index (χ0) is 14.1. The molecule has 0 atom stereocenters. The summed E-state index contributed by atoms with van der Waals surface area (Å²) in [6.07, 6.45) is 1.66. The molecule has 0 radical (unpaired) electrons. The minimum atomic E-state index is 0. The van der Waals surface area contributed by atoms with Crippen molar-refractivity contribution in [3.8, 4) is 11.5 Å². The van der Waals surface area contributed by atoms with Crippen LogP contribution >= 0.6 is 24.0 Å². The summed E-state index contributed by atoms with van der Waals surface area (Å²) in [6.45, 7) is 6.15. The molecule has 0 saturated heterocycles. The fraction of sp³-hybridized carbons (Fsp3) is 0.429. The van der Waals surface area contributed by atoms with Gasteiger partial charge in [-0.2, -0.15) is 0 Å². The number of ether oxygens (including phenoxy) is 3. The average molecular weight is 322 g/mol. The third-order valence-corrected chi connectivity index (χ3v) is 2.73. The van der Waals surface area contributed by atoms with Gasteiger partial charge in [-0.1, -0.05) is 24.3 Å². The Balaban J connectivity index is 0.00000361. The van der Waals surface area contributed by atoms with Crippen LogP contribution in [-0.2, 0) is 11.3 Å². The van der Waals surface area contributed by atoms with E-state index in [-0.39, 0.29) is 12.4 Å². The number of benzene rings is 1. The Kier molecular flexibility index (Phi) is 10.3. The normalized spacial score (nSPS) is 9.75. The third kappa shape index (κ3) is 6.01. The molecule has 6 heteroatoms. The molecule has 0 aliphatic heterocycles. The van der Waals surface area contributed by atoms with E-state index >= 15 is 0 Å². The maximum Gasteiger partial charge on any atom is 0.180 e. The van der Waals surface area contributed by atoms with E-state index in [9.17, 15) is 0 Å². The summed E-state index contributed by atoms with van der Waals surface area (Å²) in [4.78, 5) is 0. The fourth-order valence-corrected chi connectivity index (χ4v) is 1.85. The van der Waals surface area contributed by atoms with Crippen LogP contribution in [0.3, 0.4) is 0 Å². The van der Waals surface area contributed by atoms with Gasteiger partial charge in [0.15, 0.2) is 11.5 Å². The molecular weight excluding hydrogens is 301 g/mol. The van der Waals surface area contributed by atoms with E-state index < -0.39 is 0 Å². The van der Waals surface area contributed by atoms with Gasteiger partial charge in [0.1, 0.15) is 6.61 Å². The van der Waals surface area contributed by atoms with Crippen LogP contribution < -0.4 is 14.8 Å². The van der Waals surface area contributed by atoms with Crippen LogP contribution in [0.15, 0.2) is 24.8 Å². The lowest BCUT2D eigenvalue weighted by atomic mass is 10.2. The van der Waals surface area contributed by atoms with Crippen molar-refractivity contribution in [2.45, 2.75) is 6.54 Å². The van der Waals surface area contributed by atoms with Crippen LogP contribution in [0.1, 0.15) is 5.56 Å². The highest BCUT2D eigenvalue weighted by molar-refractivity contribution is 6.32. The van der Waals surface area contributed by atoms with Crippen LogP contribution in [0.4, 0.5) is 0 Å². The van der Waals surface area contributed by atoms with Crippen molar-refractivity contribution in [1.82, 2.24) is 5.32 Å². The number of methoxy groups -OCH3 is 2. The SMILES string of the molecule is C=CCOc1c(Cl)cc(CNCCOC)cc1OC.Cl. The van der Waals surface area contributed by atoms with Crippen LogP contribution in [-0.4, -0.2) is 34.0 Å². The highest BCUT2D eigenvalue weighted by Crippen LogP contribution is 2.36. The summed E-state index contributed by atoms with van der Waals surface area (Å²) < 4.78 is 15.8. The van der Waals surface area contributed by atoms with E-state index in [4.69, 9.17) is 25.8 Å². The molecule has 0 spiro atoms. The standard InChI is InChI=1S/C14H20ClNO3.ClH/c1-4-6-19-14-12(15)8-11(9-13(14)18-3)10-16-5-7-17-2;/h4,8-9,16H,1,5-7,10H2,2-3H3;1H. The number of nitrogens with one attached hydrogen (secondary N) is 1. The second kappa shape index (κ2) is 10.8. The van der Waals surface area contributed by atoms with Crippen molar-refractivity contribution in [2.24, 2.45) is 0 Å². The van der Waals surface area contributed by atoms with E-state index in [0.717, 1.165) is 12.1 Å². The van der Waals surface area contributed by atoms with Gasteiger partial charge < -0.3 is 19.5 Å². The van der Waals surface area contributed by atoms with Gasteiger partial charge in [-0.25, -0.2) is 0 Å². The van der Waals surface area contributed by atoms with Crippen LogP contribution in [0.2, 0.25) is 5.02 Å². The molecule has 1 aromatic carbocycles. The lowest BCUT2D eigenvalue weighted by Crippen LogP contribution is -2.18. The van der Waals surface area contributed by atoms with Crippen molar-refractivity contribution >= 4 is 24.0 Å². The van der Waals surface area contributed by atoms with E-state index in [1.807, 2.05) is 12.1 Å². The van der Waals surface area contributed by atoms with Crippen LogP contribution in [0, 0.1) is 0 Å². The third-order valence-electron chi connectivity index (χ3n) is 2.45. The number of rotatable bonds is 9. The van der Waals surface area contributed by atoms with Gasteiger partial charge in [-0.15, -0.1) is 12.4 Å². The molecule has 0 aromatic heterocycles. The molecule has 1 aromatic rings. The Morgan fingerprint density at radius 1 is 1.35 bits per heavy atom. The topological polar surface area (TPSA) is 39.7 Å². The second-order valence-corrected chi connectivity index (χ2v) is 4.29. The molecule has 1 rings (SSSR count).